The molecule has 7 heteroatoms. The van der Waals surface area contributed by atoms with Crippen LogP contribution in [0, 0.1) is 0 Å². The average molecular weight is 410 g/mol. The number of hydrogen-bond acceptors (Lipinski definition) is 6. The lowest BCUT2D eigenvalue weighted by Gasteiger charge is -2.23. The van der Waals surface area contributed by atoms with Gasteiger partial charge in [-0.2, -0.15) is 5.10 Å². The maximum absolute atomic E-state index is 13.0. The molecule has 0 aliphatic carbocycles. The van der Waals surface area contributed by atoms with E-state index in [9.17, 15) is 4.79 Å². The molecule has 1 aliphatic heterocycles. The van der Waals surface area contributed by atoms with Crippen molar-refractivity contribution in [2.45, 2.75) is 12.5 Å². The van der Waals surface area contributed by atoms with E-state index in [-0.39, 0.29) is 18.5 Å². The topological polar surface area (TPSA) is 58.3 Å². The minimum Gasteiger partial charge on any atom is -0.492 e. The molecule has 0 saturated heterocycles. The van der Waals surface area contributed by atoms with Crippen molar-refractivity contribution >= 4 is 23.0 Å². The van der Waals surface area contributed by atoms with Crippen LogP contribution in [-0.2, 0) is 4.79 Å². The van der Waals surface area contributed by atoms with E-state index in [1.54, 1.807) is 22.6 Å². The van der Waals surface area contributed by atoms with E-state index in [0.29, 0.717) is 19.6 Å². The van der Waals surface area contributed by atoms with Crippen LogP contribution in [0.5, 0.6) is 5.75 Å². The van der Waals surface area contributed by atoms with Gasteiger partial charge in [0.15, 0.2) is 0 Å². The molecule has 1 aromatic carbocycles. The van der Waals surface area contributed by atoms with Gasteiger partial charge < -0.3 is 9.15 Å². The highest BCUT2D eigenvalue weighted by atomic mass is 32.1. The molecule has 6 nitrogen and oxygen atoms in total. The maximum Gasteiger partial charge on any atom is 0.257 e. The third kappa shape index (κ3) is 4.75. The van der Waals surface area contributed by atoms with Crippen molar-refractivity contribution in [1.29, 1.82) is 0 Å². The first kappa shape index (κ1) is 19.4. The summed E-state index contributed by atoms with van der Waals surface area (Å²) in [4.78, 5) is 16.0. The number of hydrogen-bond donors (Lipinski definition) is 0. The average Bonchev–Trinajstić information content (AvgIpc) is 3.49. The second kappa shape index (κ2) is 9.07. The van der Waals surface area contributed by atoms with Crippen LogP contribution in [0.3, 0.4) is 0 Å². The first-order chi connectivity index (χ1) is 14.2. The number of furan rings is 1. The first-order valence-corrected chi connectivity index (χ1v) is 10.4. The minimum absolute atomic E-state index is 0.0554. The number of carbonyl (C=O) groups is 1. The molecule has 0 fully saturated rings. The summed E-state index contributed by atoms with van der Waals surface area (Å²) in [5.41, 5.74) is 0.921. The first-order valence-electron chi connectivity index (χ1n) is 9.54. The zero-order valence-electron chi connectivity index (χ0n) is 16.2. The van der Waals surface area contributed by atoms with Crippen molar-refractivity contribution in [3.05, 3.63) is 76.9 Å². The molecular formula is C22H23N3O3S. The fraction of sp³-hybridized carbons (Fsp3) is 0.273. The molecule has 3 aromatic rings. The Morgan fingerprint density at radius 1 is 1.24 bits per heavy atom. The third-order valence-electron chi connectivity index (χ3n) is 4.73. The molecule has 29 heavy (non-hydrogen) atoms. The van der Waals surface area contributed by atoms with Gasteiger partial charge in [0.25, 0.3) is 5.91 Å². The van der Waals surface area contributed by atoms with Crippen molar-refractivity contribution < 1.29 is 13.9 Å². The lowest BCUT2D eigenvalue weighted by Crippen LogP contribution is -2.37. The quantitative estimate of drug-likeness (QED) is 0.564. The number of thiophene rings is 1. The fourth-order valence-corrected chi connectivity index (χ4v) is 3.97. The summed E-state index contributed by atoms with van der Waals surface area (Å²) in [6.07, 6.45) is 2.29. The highest BCUT2D eigenvalue weighted by molar-refractivity contribution is 7.12. The zero-order valence-corrected chi connectivity index (χ0v) is 17.0. The molecule has 4 rings (SSSR count). The third-order valence-corrected chi connectivity index (χ3v) is 5.65. The van der Waals surface area contributed by atoms with Crippen LogP contribution in [0.4, 0.5) is 0 Å². The molecule has 0 radical (unpaired) electrons. The molecule has 3 heterocycles. The molecule has 0 N–H and O–H groups in total. The molecule has 1 amide bonds. The predicted molar refractivity (Wildman–Crippen MR) is 113 cm³/mol. The Balaban J connectivity index is 1.38. The SMILES string of the molecule is CN(CCOc1ccccc1)CC(=O)N1N=C(c2cccs2)CC1c1ccco1. The number of rotatable bonds is 8. The Bertz CT molecular complexity index is 939. The number of benzene rings is 1. The largest absolute Gasteiger partial charge is 0.492 e. The van der Waals surface area contributed by atoms with Gasteiger partial charge in [-0.1, -0.05) is 24.3 Å². The number of para-hydroxylation sites is 1. The predicted octanol–water partition coefficient (Wildman–Crippen LogP) is 4.03. The number of amides is 1. The minimum atomic E-state index is -0.205. The number of ether oxygens (including phenoxy) is 1. The van der Waals surface area contributed by atoms with Gasteiger partial charge in [-0.05, 0) is 42.8 Å². The Morgan fingerprint density at radius 3 is 2.83 bits per heavy atom. The number of nitrogens with zero attached hydrogens (tertiary/aromatic N) is 3. The highest BCUT2D eigenvalue weighted by Crippen LogP contribution is 2.34. The van der Waals surface area contributed by atoms with Gasteiger partial charge in [0.1, 0.15) is 24.2 Å². The molecule has 150 valence electrons. The summed E-state index contributed by atoms with van der Waals surface area (Å²) in [6, 6.07) is 17.2. The van der Waals surface area contributed by atoms with E-state index >= 15 is 0 Å². The molecule has 1 aliphatic rings. The van der Waals surface area contributed by atoms with E-state index in [4.69, 9.17) is 9.15 Å². The lowest BCUT2D eigenvalue weighted by molar-refractivity contribution is -0.134. The van der Waals surface area contributed by atoms with Crippen molar-refractivity contribution in [2.75, 3.05) is 26.7 Å². The van der Waals surface area contributed by atoms with Gasteiger partial charge in [0, 0.05) is 13.0 Å². The number of hydrazone groups is 1. The molecule has 2 aromatic heterocycles. The van der Waals surface area contributed by atoms with Gasteiger partial charge in [-0.15, -0.1) is 11.3 Å². The zero-order chi connectivity index (χ0) is 20.1. The maximum atomic E-state index is 13.0. The molecular weight excluding hydrogens is 386 g/mol. The van der Waals surface area contributed by atoms with Gasteiger partial charge in [-0.25, -0.2) is 5.01 Å². The molecule has 1 unspecified atom stereocenters. The van der Waals surface area contributed by atoms with Crippen molar-refractivity contribution in [3.63, 3.8) is 0 Å². The normalized spacial score (nSPS) is 16.3. The van der Waals surface area contributed by atoms with Crippen LogP contribution in [0.25, 0.3) is 0 Å². The Morgan fingerprint density at radius 2 is 2.10 bits per heavy atom. The van der Waals surface area contributed by atoms with Crippen LogP contribution >= 0.6 is 11.3 Å². The smallest absolute Gasteiger partial charge is 0.257 e. The van der Waals surface area contributed by atoms with Gasteiger partial charge in [0.05, 0.1) is 23.4 Å². The summed E-state index contributed by atoms with van der Waals surface area (Å²) in [5.74, 6) is 1.53. The fourth-order valence-electron chi connectivity index (χ4n) is 3.25. The molecule has 0 saturated carbocycles. The van der Waals surface area contributed by atoms with Crippen LogP contribution < -0.4 is 4.74 Å². The van der Waals surface area contributed by atoms with Crippen LogP contribution in [0.1, 0.15) is 23.1 Å². The Labute approximate surface area is 174 Å². The van der Waals surface area contributed by atoms with Gasteiger partial charge >= 0.3 is 0 Å². The van der Waals surface area contributed by atoms with E-state index in [2.05, 4.69) is 5.10 Å². The Kier molecular flexibility index (Phi) is 6.07. The number of carbonyl (C=O) groups excluding carboxylic acids is 1. The summed E-state index contributed by atoms with van der Waals surface area (Å²) in [5, 5.41) is 8.23. The summed E-state index contributed by atoms with van der Waals surface area (Å²) in [7, 11) is 1.91. The highest BCUT2D eigenvalue weighted by Gasteiger charge is 2.35. The summed E-state index contributed by atoms with van der Waals surface area (Å²) < 4.78 is 11.3. The molecule has 0 spiro atoms. The molecule has 1 atom stereocenters. The van der Waals surface area contributed by atoms with Crippen LogP contribution in [-0.4, -0.2) is 48.3 Å². The van der Waals surface area contributed by atoms with E-state index in [0.717, 1.165) is 22.1 Å². The van der Waals surface area contributed by atoms with Crippen LogP contribution in [0.2, 0.25) is 0 Å². The Hall–Kier alpha value is -2.90. The van der Waals surface area contributed by atoms with Gasteiger partial charge in [-0.3, -0.25) is 9.69 Å². The second-order valence-corrected chi connectivity index (χ2v) is 7.84. The number of likely N-dealkylation sites (N-methyl/N-ethyl adjacent to an activating group) is 1. The van der Waals surface area contributed by atoms with Crippen molar-refractivity contribution in [1.82, 2.24) is 9.91 Å². The van der Waals surface area contributed by atoms with Gasteiger partial charge in [0.2, 0.25) is 0 Å². The van der Waals surface area contributed by atoms with Crippen molar-refractivity contribution in [2.24, 2.45) is 5.10 Å². The summed E-state index contributed by atoms with van der Waals surface area (Å²) >= 11 is 1.63. The van der Waals surface area contributed by atoms with E-state index in [1.165, 1.54) is 0 Å². The second-order valence-electron chi connectivity index (χ2n) is 6.90. The van der Waals surface area contributed by atoms with E-state index in [1.807, 2.05) is 71.9 Å². The standard InChI is InChI=1S/C22H23N3O3S/c1-24(11-13-27-17-7-3-2-4-8-17)16-22(26)25-19(20-9-5-12-28-20)15-18(23-25)21-10-6-14-29-21/h2-10,12,14,19H,11,13,15-16H2,1H3. The molecule has 0 bridgehead atoms. The van der Waals surface area contributed by atoms with E-state index < -0.39 is 0 Å². The van der Waals surface area contributed by atoms with Crippen molar-refractivity contribution in [3.8, 4) is 5.75 Å². The van der Waals surface area contributed by atoms with Crippen LogP contribution in [0.15, 0.2) is 75.8 Å². The lowest BCUT2D eigenvalue weighted by atomic mass is 10.1. The summed E-state index contributed by atoms with van der Waals surface area (Å²) in [6.45, 7) is 1.41. The monoisotopic (exact) mass is 409 g/mol.